The van der Waals surface area contributed by atoms with E-state index < -0.39 is 0 Å². The topological polar surface area (TPSA) is 64.7 Å². The molecule has 1 amide bonds. The van der Waals surface area contributed by atoms with E-state index in [1.165, 1.54) is 11.1 Å². The molecule has 1 N–H and O–H groups in total. The second kappa shape index (κ2) is 7.20. The van der Waals surface area contributed by atoms with Crippen LogP contribution in [0.2, 0.25) is 0 Å². The van der Waals surface area contributed by atoms with Gasteiger partial charge in [-0.2, -0.15) is 0 Å². The maximum absolute atomic E-state index is 12.0. The van der Waals surface area contributed by atoms with Crippen LogP contribution in [-0.4, -0.2) is 32.1 Å². The molecule has 2 aromatic carbocycles. The van der Waals surface area contributed by atoms with Crippen LogP contribution < -0.4 is 5.32 Å². The lowest BCUT2D eigenvalue weighted by Gasteiger charge is -2.14. The van der Waals surface area contributed by atoms with Gasteiger partial charge in [0.2, 0.25) is 0 Å². The first kappa shape index (κ1) is 18.9. The van der Waals surface area contributed by atoms with E-state index in [1.54, 1.807) is 7.05 Å². The number of rotatable bonds is 4. The highest BCUT2D eigenvalue weighted by atomic mass is 16.1. The zero-order valence-corrected chi connectivity index (χ0v) is 17.4. The molecular weight excluding hydrogens is 362 g/mol. The molecular formula is C23H25N5O. The van der Waals surface area contributed by atoms with Crippen molar-refractivity contribution >= 4 is 16.9 Å². The van der Waals surface area contributed by atoms with Crippen LogP contribution in [0.25, 0.3) is 28.2 Å². The molecule has 4 aromatic rings. The number of benzene rings is 2. The number of carbonyl (C=O) groups is 1. The van der Waals surface area contributed by atoms with Gasteiger partial charge in [0, 0.05) is 19.2 Å². The molecule has 148 valence electrons. The molecule has 0 aliphatic carbocycles. The van der Waals surface area contributed by atoms with Crippen molar-refractivity contribution in [3.63, 3.8) is 0 Å². The smallest absolute Gasteiger partial charge is 0.251 e. The lowest BCUT2D eigenvalue weighted by Crippen LogP contribution is -2.17. The summed E-state index contributed by atoms with van der Waals surface area (Å²) < 4.78 is 4.32. The number of nitrogens with zero attached hydrogens (tertiary/aromatic N) is 4. The van der Waals surface area contributed by atoms with Crippen LogP contribution in [0.4, 0.5) is 0 Å². The molecule has 0 aliphatic heterocycles. The Morgan fingerprint density at radius 1 is 1.10 bits per heavy atom. The predicted molar refractivity (Wildman–Crippen MR) is 116 cm³/mol. The van der Waals surface area contributed by atoms with Crippen LogP contribution in [-0.2, 0) is 6.54 Å². The number of aromatic nitrogens is 4. The van der Waals surface area contributed by atoms with Gasteiger partial charge in [-0.25, -0.2) is 9.97 Å². The van der Waals surface area contributed by atoms with E-state index in [2.05, 4.69) is 58.4 Å². The van der Waals surface area contributed by atoms with Gasteiger partial charge < -0.3 is 9.88 Å². The maximum Gasteiger partial charge on any atom is 0.251 e. The SMILES string of the molecule is CCn1c(-c2cnc(C)n2-c2ccc(C)cc2C)nc2cc(C(=O)NC)ccc21. The van der Waals surface area contributed by atoms with Gasteiger partial charge in [-0.05, 0) is 57.5 Å². The number of carbonyl (C=O) groups excluding carboxylic acids is 1. The third-order valence-electron chi connectivity index (χ3n) is 5.31. The minimum Gasteiger partial charge on any atom is -0.355 e. The lowest BCUT2D eigenvalue weighted by molar-refractivity contribution is 0.0963. The normalized spacial score (nSPS) is 11.2. The van der Waals surface area contributed by atoms with Gasteiger partial charge in [0.05, 0.1) is 22.9 Å². The van der Waals surface area contributed by atoms with Gasteiger partial charge in [0.15, 0.2) is 5.82 Å². The summed E-state index contributed by atoms with van der Waals surface area (Å²) in [7, 11) is 1.63. The molecule has 29 heavy (non-hydrogen) atoms. The Labute approximate surface area is 170 Å². The summed E-state index contributed by atoms with van der Waals surface area (Å²) in [6.45, 7) is 9.08. The lowest BCUT2D eigenvalue weighted by atomic mass is 10.1. The van der Waals surface area contributed by atoms with Crippen LogP contribution in [0.5, 0.6) is 0 Å². The van der Waals surface area contributed by atoms with E-state index in [4.69, 9.17) is 4.98 Å². The van der Waals surface area contributed by atoms with E-state index in [0.29, 0.717) is 5.56 Å². The van der Waals surface area contributed by atoms with E-state index in [1.807, 2.05) is 31.3 Å². The third-order valence-corrected chi connectivity index (χ3v) is 5.31. The van der Waals surface area contributed by atoms with Gasteiger partial charge in [0.1, 0.15) is 11.5 Å². The summed E-state index contributed by atoms with van der Waals surface area (Å²) >= 11 is 0. The van der Waals surface area contributed by atoms with Crippen molar-refractivity contribution in [2.75, 3.05) is 7.05 Å². The Morgan fingerprint density at radius 3 is 2.59 bits per heavy atom. The fourth-order valence-corrected chi connectivity index (χ4v) is 3.89. The molecule has 6 nitrogen and oxygen atoms in total. The standard InChI is InChI=1S/C23H25N5O/c1-6-27-20-10-8-17(23(29)24-5)12-18(20)26-22(27)21-13-25-16(4)28(21)19-9-7-14(2)11-15(19)3/h7-13H,6H2,1-5H3,(H,24,29). The highest BCUT2D eigenvalue weighted by Gasteiger charge is 2.19. The first-order valence-electron chi connectivity index (χ1n) is 9.79. The number of hydrogen-bond donors (Lipinski definition) is 1. The largest absolute Gasteiger partial charge is 0.355 e. The van der Waals surface area contributed by atoms with Crippen LogP contribution in [0.1, 0.15) is 34.2 Å². The molecule has 0 bridgehead atoms. The van der Waals surface area contributed by atoms with Gasteiger partial charge in [-0.3, -0.25) is 9.36 Å². The summed E-state index contributed by atoms with van der Waals surface area (Å²) in [5.41, 5.74) is 6.86. The van der Waals surface area contributed by atoms with Gasteiger partial charge >= 0.3 is 0 Å². The van der Waals surface area contributed by atoms with Crippen molar-refractivity contribution in [3.8, 4) is 17.2 Å². The second-order valence-electron chi connectivity index (χ2n) is 7.28. The fourth-order valence-electron chi connectivity index (χ4n) is 3.89. The summed E-state index contributed by atoms with van der Waals surface area (Å²) in [5, 5.41) is 2.67. The van der Waals surface area contributed by atoms with E-state index >= 15 is 0 Å². The number of imidazole rings is 2. The van der Waals surface area contributed by atoms with Crippen molar-refractivity contribution in [2.24, 2.45) is 0 Å². The zero-order valence-electron chi connectivity index (χ0n) is 17.4. The molecule has 2 heterocycles. The van der Waals surface area contributed by atoms with Crippen molar-refractivity contribution in [1.29, 1.82) is 0 Å². The van der Waals surface area contributed by atoms with Crippen LogP contribution in [0.15, 0.2) is 42.6 Å². The van der Waals surface area contributed by atoms with Gasteiger partial charge in [0.25, 0.3) is 5.91 Å². The van der Waals surface area contributed by atoms with Crippen LogP contribution in [0.3, 0.4) is 0 Å². The molecule has 4 rings (SSSR count). The van der Waals surface area contributed by atoms with E-state index in [0.717, 1.165) is 40.6 Å². The predicted octanol–water partition coefficient (Wildman–Crippen LogP) is 4.19. The Morgan fingerprint density at radius 2 is 1.90 bits per heavy atom. The van der Waals surface area contributed by atoms with E-state index in [-0.39, 0.29) is 5.91 Å². The average Bonchev–Trinajstić information content (AvgIpc) is 3.26. The molecule has 0 fully saturated rings. The van der Waals surface area contributed by atoms with Crippen molar-refractivity contribution in [2.45, 2.75) is 34.2 Å². The molecule has 0 unspecified atom stereocenters. The van der Waals surface area contributed by atoms with Gasteiger partial charge in [-0.1, -0.05) is 17.7 Å². The van der Waals surface area contributed by atoms with Crippen molar-refractivity contribution < 1.29 is 4.79 Å². The fraction of sp³-hybridized carbons (Fsp3) is 0.261. The van der Waals surface area contributed by atoms with Crippen LogP contribution in [0, 0.1) is 20.8 Å². The van der Waals surface area contributed by atoms with E-state index in [9.17, 15) is 4.79 Å². The third kappa shape index (κ3) is 3.10. The minimum atomic E-state index is -0.115. The second-order valence-corrected chi connectivity index (χ2v) is 7.28. The molecule has 0 spiro atoms. The molecule has 0 saturated heterocycles. The monoisotopic (exact) mass is 387 g/mol. The summed E-state index contributed by atoms with van der Waals surface area (Å²) in [6, 6.07) is 12.1. The quantitative estimate of drug-likeness (QED) is 0.571. The summed E-state index contributed by atoms with van der Waals surface area (Å²) in [5.74, 6) is 1.64. The number of amides is 1. The zero-order chi connectivity index (χ0) is 20.7. The Balaban J connectivity index is 1.95. The molecule has 0 radical (unpaired) electrons. The van der Waals surface area contributed by atoms with Crippen molar-refractivity contribution in [1.82, 2.24) is 24.4 Å². The Kier molecular flexibility index (Phi) is 4.70. The highest BCUT2D eigenvalue weighted by molar-refractivity contribution is 5.97. The number of aryl methyl sites for hydroxylation is 4. The maximum atomic E-state index is 12.0. The Hall–Kier alpha value is -3.41. The van der Waals surface area contributed by atoms with Gasteiger partial charge in [-0.15, -0.1) is 0 Å². The molecule has 0 atom stereocenters. The number of fused-ring (bicyclic) bond motifs is 1. The average molecular weight is 387 g/mol. The van der Waals surface area contributed by atoms with Crippen LogP contribution >= 0.6 is 0 Å². The molecule has 2 aromatic heterocycles. The molecule has 0 saturated carbocycles. The first-order valence-corrected chi connectivity index (χ1v) is 9.79. The number of nitrogens with one attached hydrogen (secondary N) is 1. The molecule has 6 heteroatoms. The summed E-state index contributed by atoms with van der Waals surface area (Å²) in [4.78, 5) is 21.5. The van der Waals surface area contributed by atoms with Crippen molar-refractivity contribution in [3.05, 3.63) is 65.1 Å². The molecule has 0 aliphatic rings. The Bertz CT molecular complexity index is 1230. The summed E-state index contributed by atoms with van der Waals surface area (Å²) in [6.07, 6.45) is 1.88. The highest BCUT2D eigenvalue weighted by Crippen LogP contribution is 2.30. The first-order chi connectivity index (χ1) is 13.9. The number of hydrogen-bond acceptors (Lipinski definition) is 3. The minimum absolute atomic E-state index is 0.115.